The van der Waals surface area contributed by atoms with E-state index in [0.29, 0.717) is 28.9 Å². The number of aromatic carboxylic acids is 1. The molecule has 0 bridgehead atoms. The maximum Gasteiger partial charge on any atom is 0.346 e. The van der Waals surface area contributed by atoms with Gasteiger partial charge in [0.25, 0.3) is 5.56 Å². The molecule has 24 heavy (non-hydrogen) atoms. The largest absolute Gasteiger partial charge is 0.492 e. The maximum atomic E-state index is 12.6. The lowest BCUT2D eigenvalue weighted by molar-refractivity contribution is 0.0701. The Morgan fingerprint density at radius 3 is 2.88 bits per heavy atom. The molecule has 0 aliphatic heterocycles. The van der Waals surface area contributed by atoms with Crippen LogP contribution >= 0.6 is 11.3 Å². The molecule has 0 saturated heterocycles. The summed E-state index contributed by atoms with van der Waals surface area (Å²) in [6.07, 6.45) is 1.44. The third-order valence-electron chi connectivity index (χ3n) is 3.70. The number of ether oxygens (including phenoxy) is 1. The summed E-state index contributed by atoms with van der Waals surface area (Å²) in [6.45, 7) is 4.28. The summed E-state index contributed by atoms with van der Waals surface area (Å²) >= 11 is 1.02. The van der Waals surface area contributed by atoms with Gasteiger partial charge in [0.05, 0.1) is 18.3 Å². The highest BCUT2D eigenvalue weighted by Gasteiger charge is 2.18. The normalized spacial score (nSPS) is 10.9. The molecule has 0 fully saturated rings. The second kappa shape index (κ2) is 6.45. The Kier molecular flexibility index (Phi) is 4.35. The molecule has 0 atom stereocenters. The van der Waals surface area contributed by atoms with Crippen molar-refractivity contribution >= 4 is 27.5 Å². The van der Waals surface area contributed by atoms with Crippen LogP contribution in [0.25, 0.3) is 10.2 Å². The summed E-state index contributed by atoms with van der Waals surface area (Å²) in [4.78, 5) is 28.6. The fourth-order valence-corrected chi connectivity index (χ4v) is 3.47. The molecule has 0 aliphatic rings. The third kappa shape index (κ3) is 3.03. The summed E-state index contributed by atoms with van der Waals surface area (Å²) in [5.41, 5.74) is 1.32. The summed E-state index contributed by atoms with van der Waals surface area (Å²) in [7, 11) is 0. The van der Waals surface area contributed by atoms with E-state index >= 15 is 0 Å². The molecule has 0 amide bonds. The SMILES string of the molecule is Cc1cccc(OCCn2cnc3sc(C(=O)O)c(C)c3c2=O)c1. The number of rotatable bonds is 5. The van der Waals surface area contributed by atoms with Gasteiger partial charge in [0.2, 0.25) is 0 Å². The van der Waals surface area contributed by atoms with Gasteiger partial charge in [-0.3, -0.25) is 9.36 Å². The molecule has 7 heteroatoms. The van der Waals surface area contributed by atoms with Gasteiger partial charge in [0.1, 0.15) is 22.1 Å². The van der Waals surface area contributed by atoms with E-state index in [1.54, 1.807) is 6.92 Å². The molecule has 0 saturated carbocycles. The lowest BCUT2D eigenvalue weighted by Gasteiger charge is -2.08. The highest BCUT2D eigenvalue weighted by molar-refractivity contribution is 7.20. The number of aromatic nitrogens is 2. The molecule has 6 nitrogen and oxygen atoms in total. The van der Waals surface area contributed by atoms with Crippen molar-refractivity contribution in [3.8, 4) is 5.75 Å². The quantitative estimate of drug-likeness (QED) is 0.770. The van der Waals surface area contributed by atoms with Crippen molar-refractivity contribution in [1.82, 2.24) is 9.55 Å². The van der Waals surface area contributed by atoms with Crippen LogP contribution in [0.2, 0.25) is 0 Å². The van der Waals surface area contributed by atoms with Gasteiger partial charge in [0.15, 0.2) is 0 Å². The monoisotopic (exact) mass is 344 g/mol. The maximum absolute atomic E-state index is 12.6. The van der Waals surface area contributed by atoms with Gasteiger partial charge in [-0.1, -0.05) is 12.1 Å². The van der Waals surface area contributed by atoms with E-state index in [1.807, 2.05) is 31.2 Å². The van der Waals surface area contributed by atoms with Gasteiger partial charge in [-0.15, -0.1) is 11.3 Å². The van der Waals surface area contributed by atoms with E-state index in [9.17, 15) is 14.7 Å². The van der Waals surface area contributed by atoms with Gasteiger partial charge in [-0.2, -0.15) is 0 Å². The second-order valence-corrected chi connectivity index (χ2v) is 6.45. The average molecular weight is 344 g/mol. The van der Waals surface area contributed by atoms with Crippen LogP contribution in [-0.4, -0.2) is 27.2 Å². The highest BCUT2D eigenvalue weighted by atomic mass is 32.1. The number of fused-ring (bicyclic) bond motifs is 1. The molecule has 3 rings (SSSR count). The molecule has 0 radical (unpaired) electrons. The number of nitrogens with zero attached hydrogens (tertiary/aromatic N) is 2. The van der Waals surface area contributed by atoms with E-state index in [2.05, 4.69) is 4.98 Å². The van der Waals surface area contributed by atoms with Crippen molar-refractivity contribution in [2.45, 2.75) is 20.4 Å². The van der Waals surface area contributed by atoms with Crippen molar-refractivity contribution in [3.63, 3.8) is 0 Å². The summed E-state index contributed by atoms with van der Waals surface area (Å²) in [6, 6.07) is 7.67. The van der Waals surface area contributed by atoms with Gasteiger partial charge < -0.3 is 9.84 Å². The first-order valence-corrected chi connectivity index (χ1v) is 8.20. The first kappa shape index (κ1) is 16.2. The number of aryl methyl sites for hydroxylation is 2. The predicted molar refractivity (Wildman–Crippen MR) is 92.3 cm³/mol. The van der Waals surface area contributed by atoms with E-state index in [0.717, 1.165) is 22.6 Å². The molecular formula is C17H16N2O4S. The molecule has 124 valence electrons. The number of hydrogen-bond acceptors (Lipinski definition) is 5. The van der Waals surface area contributed by atoms with Gasteiger partial charge in [-0.25, -0.2) is 9.78 Å². The predicted octanol–water partition coefficient (Wildman–Crippen LogP) is 2.85. The van der Waals surface area contributed by atoms with E-state index in [1.165, 1.54) is 10.9 Å². The first-order valence-electron chi connectivity index (χ1n) is 7.38. The summed E-state index contributed by atoms with van der Waals surface area (Å²) in [5.74, 6) is -0.291. The van der Waals surface area contributed by atoms with Crippen LogP contribution in [-0.2, 0) is 6.54 Å². The Labute approximate surface area is 142 Å². The zero-order chi connectivity index (χ0) is 17.3. The molecule has 0 unspecified atom stereocenters. The zero-order valence-corrected chi connectivity index (χ0v) is 14.1. The minimum atomic E-state index is -1.04. The van der Waals surface area contributed by atoms with Gasteiger partial charge in [0, 0.05) is 0 Å². The van der Waals surface area contributed by atoms with Crippen LogP contribution in [0.5, 0.6) is 5.75 Å². The number of thiophene rings is 1. The van der Waals surface area contributed by atoms with Crippen LogP contribution in [0.3, 0.4) is 0 Å². The Bertz CT molecular complexity index is 974. The first-order chi connectivity index (χ1) is 11.5. The highest BCUT2D eigenvalue weighted by Crippen LogP contribution is 2.26. The minimum Gasteiger partial charge on any atom is -0.492 e. The topological polar surface area (TPSA) is 81.4 Å². The molecule has 2 aromatic heterocycles. The molecule has 0 aliphatic carbocycles. The van der Waals surface area contributed by atoms with Crippen LogP contribution < -0.4 is 10.3 Å². The minimum absolute atomic E-state index is 0.156. The number of hydrogen-bond donors (Lipinski definition) is 1. The van der Waals surface area contributed by atoms with Crippen LogP contribution in [0.4, 0.5) is 0 Å². The Balaban J connectivity index is 1.83. The standard InChI is InChI=1S/C17H16N2O4S/c1-10-4-3-5-12(8-10)23-7-6-19-9-18-15-13(16(19)20)11(2)14(24-15)17(21)22/h3-5,8-9H,6-7H2,1-2H3,(H,21,22). The van der Waals surface area contributed by atoms with Crippen LogP contribution in [0.1, 0.15) is 20.8 Å². The number of carbonyl (C=O) groups is 1. The van der Waals surface area contributed by atoms with Crippen LogP contribution in [0.15, 0.2) is 35.4 Å². The summed E-state index contributed by atoms with van der Waals surface area (Å²) < 4.78 is 7.10. The number of carboxylic acid groups (broad SMARTS) is 1. The van der Waals surface area contributed by atoms with Crippen molar-refractivity contribution in [2.75, 3.05) is 6.61 Å². The fraction of sp³-hybridized carbons (Fsp3) is 0.235. The van der Waals surface area contributed by atoms with E-state index in [4.69, 9.17) is 4.74 Å². The van der Waals surface area contributed by atoms with E-state index < -0.39 is 5.97 Å². The van der Waals surface area contributed by atoms with E-state index in [-0.39, 0.29) is 10.4 Å². The van der Waals surface area contributed by atoms with Crippen molar-refractivity contribution < 1.29 is 14.6 Å². The molecule has 2 heterocycles. The summed E-state index contributed by atoms with van der Waals surface area (Å²) in [5, 5.41) is 9.54. The Morgan fingerprint density at radius 1 is 1.38 bits per heavy atom. The van der Waals surface area contributed by atoms with Crippen LogP contribution in [0, 0.1) is 13.8 Å². The second-order valence-electron chi connectivity index (χ2n) is 5.45. The van der Waals surface area contributed by atoms with Gasteiger partial charge >= 0.3 is 5.97 Å². The smallest absolute Gasteiger partial charge is 0.346 e. The van der Waals surface area contributed by atoms with Crippen molar-refractivity contribution in [1.29, 1.82) is 0 Å². The molecule has 1 N–H and O–H groups in total. The fourth-order valence-electron chi connectivity index (χ4n) is 2.49. The molecule has 1 aromatic carbocycles. The molecule has 3 aromatic rings. The lowest BCUT2D eigenvalue weighted by Crippen LogP contribution is -2.23. The number of benzene rings is 1. The third-order valence-corrected chi connectivity index (χ3v) is 4.89. The Hall–Kier alpha value is -2.67. The molecular weight excluding hydrogens is 328 g/mol. The Morgan fingerprint density at radius 2 is 2.17 bits per heavy atom. The average Bonchev–Trinajstić information content (AvgIpc) is 2.87. The molecule has 0 spiro atoms. The zero-order valence-electron chi connectivity index (χ0n) is 13.3. The van der Waals surface area contributed by atoms with Crippen molar-refractivity contribution in [2.24, 2.45) is 0 Å². The number of carboxylic acids is 1. The van der Waals surface area contributed by atoms with Gasteiger partial charge in [-0.05, 0) is 37.1 Å². The lowest BCUT2D eigenvalue weighted by atomic mass is 10.2. The van der Waals surface area contributed by atoms with Crippen molar-refractivity contribution in [3.05, 3.63) is 57.0 Å².